The molecule has 2 aromatic rings. The van der Waals surface area contributed by atoms with E-state index in [4.69, 9.17) is 4.74 Å². The second-order valence-electron chi connectivity index (χ2n) is 4.25. The summed E-state index contributed by atoms with van der Waals surface area (Å²) in [4.78, 5) is 11.2. The van der Waals surface area contributed by atoms with Crippen LogP contribution in [-0.2, 0) is 17.6 Å². The standard InChI is InChI=1S/C13H19N3OS/c1-4-10-6-11-12(5-9(14-2)7-17-3)15-8-16-13(11)18-10/h6,8-9,14H,4-5,7H2,1-3H3. The maximum Gasteiger partial charge on any atom is 0.127 e. The monoisotopic (exact) mass is 265 g/mol. The van der Waals surface area contributed by atoms with Crippen LogP contribution in [0.4, 0.5) is 0 Å². The van der Waals surface area contributed by atoms with Gasteiger partial charge in [0, 0.05) is 29.8 Å². The van der Waals surface area contributed by atoms with Crippen molar-refractivity contribution in [3.05, 3.63) is 23.0 Å². The van der Waals surface area contributed by atoms with Crippen LogP contribution in [0, 0.1) is 0 Å². The normalized spacial score (nSPS) is 13.1. The molecule has 0 bridgehead atoms. The highest BCUT2D eigenvalue weighted by Crippen LogP contribution is 2.26. The Morgan fingerprint density at radius 2 is 2.28 bits per heavy atom. The number of likely N-dealkylation sites (N-methyl/N-ethyl adjacent to an activating group) is 1. The number of aromatic nitrogens is 2. The van der Waals surface area contributed by atoms with Crippen molar-refractivity contribution in [1.29, 1.82) is 0 Å². The molecule has 2 rings (SSSR count). The number of hydrogen-bond donors (Lipinski definition) is 1. The van der Waals surface area contributed by atoms with Crippen molar-refractivity contribution in [3.8, 4) is 0 Å². The lowest BCUT2D eigenvalue weighted by molar-refractivity contribution is 0.169. The second kappa shape index (κ2) is 6.22. The van der Waals surface area contributed by atoms with Gasteiger partial charge in [0.2, 0.25) is 0 Å². The van der Waals surface area contributed by atoms with Crippen LogP contribution in [0.5, 0.6) is 0 Å². The molecule has 0 saturated carbocycles. The molecule has 2 heterocycles. The van der Waals surface area contributed by atoms with Crippen LogP contribution < -0.4 is 5.32 Å². The van der Waals surface area contributed by atoms with Crippen molar-refractivity contribution in [3.63, 3.8) is 0 Å². The molecule has 0 aliphatic rings. The Hall–Kier alpha value is -1.04. The topological polar surface area (TPSA) is 47.0 Å². The molecule has 0 amide bonds. The fraction of sp³-hybridized carbons (Fsp3) is 0.538. The van der Waals surface area contributed by atoms with Crippen molar-refractivity contribution in [1.82, 2.24) is 15.3 Å². The number of thiophene rings is 1. The molecule has 0 saturated heterocycles. The van der Waals surface area contributed by atoms with E-state index in [1.54, 1.807) is 24.8 Å². The van der Waals surface area contributed by atoms with Gasteiger partial charge in [-0.2, -0.15) is 0 Å². The molecular weight excluding hydrogens is 246 g/mol. The van der Waals surface area contributed by atoms with E-state index in [9.17, 15) is 0 Å². The molecule has 1 atom stereocenters. The van der Waals surface area contributed by atoms with E-state index < -0.39 is 0 Å². The van der Waals surface area contributed by atoms with Gasteiger partial charge in [0.05, 0.1) is 12.3 Å². The molecule has 0 aromatic carbocycles. The third-order valence-electron chi connectivity index (χ3n) is 3.03. The first-order valence-electron chi connectivity index (χ1n) is 6.17. The third-order valence-corrected chi connectivity index (χ3v) is 4.21. The number of nitrogens with one attached hydrogen (secondary N) is 1. The lowest BCUT2D eigenvalue weighted by Gasteiger charge is -2.14. The van der Waals surface area contributed by atoms with Crippen molar-refractivity contribution >= 4 is 21.6 Å². The molecule has 2 aromatic heterocycles. The Morgan fingerprint density at radius 1 is 1.44 bits per heavy atom. The van der Waals surface area contributed by atoms with Crippen molar-refractivity contribution in [2.75, 3.05) is 20.8 Å². The molecule has 5 heteroatoms. The van der Waals surface area contributed by atoms with E-state index in [2.05, 4.69) is 28.3 Å². The van der Waals surface area contributed by atoms with E-state index in [1.165, 1.54) is 10.3 Å². The van der Waals surface area contributed by atoms with Crippen LogP contribution in [0.3, 0.4) is 0 Å². The summed E-state index contributed by atoms with van der Waals surface area (Å²) >= 11 is 1.76. The average molecular weight is 265 g/mol. The zero-order valence-corrected chi connectivity index (χ0v) is 11.9. The third kappa shape index (κ3) is 2.85. The highest BCUT2D eigenvalue weighted by Gasteiger charge is 2.13. The Balaban J connectivity index is 2.29. The first-order chi connectivity index (χ1) is 8.78. The van der Waals surface area contributed by atoms with Gasteiger partial charge in [0.15, 0.2) is 0 Å². The Morgan fingerprint density at radius 3 is 2.94 bits per heavy atom. The molecule has 0 spiro atoms. The predicted molar refractivity (Wildman–Crippen MR) is 75.2 cm³/mol. The lowest BCUT2D eigenvalue weighted by atomic mass is 10.1. The smallest absolute Gasteiger partial charge is 0.127 e. The predicted octanol–water partition coefficient (Wildman–Crippen LogP) is 2.03. The van der Waals surface area contributed by atoms with Gasteiger partial charge in [-0.05, 0) is 19.5 Å². The minimum atomic E-state index is 0.290. The summed E-state index contributed by atoms with van der Waals surface area (Å²) in [6.07, 6.45) is 3.57. The number of nitrogens with zero attached hydrogens (tertiary/aromatic N) is 2. The fourth-order valence-corrected chi connectivity index (χ4v) is 2.93. The van der Waals surface area contributed by atoms with Crippen LogP contribution in [-0.4, -0.2) is 36.8 Å². The molecule has 0 radical (unpaired) electrons. The summed E-state index contributed by atoms with van der Waals surface area (Å²) < 4.78 is 5.20. The summed E-state index contributed by atoms with van der Waals surface area (Å²) in [5.41, 5.74) is 1.10. The van der Waals surface area contributed by atoms with Gasteiger partial charge in [0.1, 0.15) is 11.2 Å². The van der Waals surface area contributed by atoms with Crippen LogP contribution in [0.25, 0.3) is 10.2 Å². The molecule has 1 unspecified atom stereocenters. The van der Waals surface area contributed by atoms with E-state index >= 15 is 0 Å². The van der Waals surface area contributed by atoms with E-state index in [0.717, 1.165) is 23.4 Å². The highest BCUT2D eigenvalue weighted by atomic mass is 32.1. The maximum absolute atomic E-state index is 5.20. The largest absolute Gasteiger partial charge is 0.383 e. The van der Waals surface area contributed by atoms with Crippen molar-refractivity contribution in [2.45, 2.75) is 25.8 Å². The second-order valence-corrected chi connectivity index (χ2v) is 5.37. The van der Waals surface area contributed by atoms with Gasteiger partial charge in [-0.25, -0.2) is 9.97 Å². The summed E-state index contributed by atoms with van der Waals surface area (Å²) in [7, 11) is 3.67. The van der Waals surface area contributed by atoms with Gasteiger partial charge >= 0.3 is 0 Å². The number of methoxy groups -OCH3 is 1. The van der Waals surface area contributed by atoms with Crippen LogP contribution in [0.2, 0.25) is 0 Å². The first-order valence-corrected chi connectivity index (χ1v) is 6.98. The SMILES string of the molecule is CCc1cc2c(CC(COC)NC)ncnc2s1. The van der Waals surface area contributed by atoms with E-state index in [1.807, 2.05) is 7.05 Å². The molecule has 0 aliphatic carbocycles. The average Bonchev–Trinajstić information content (AvgIpc) is 2.82. The van der Waals surface area contributed by atoms with Gasteiger partial charge in [-0.3, -0.25) is 0 Å². The summed E-state index contributed by atoms with van der Waals surface area (Å²) in [6.45, 7) is 2.85. The molecule has 18 heavy (non-hydrogen) atoms. The molecule has 0 fully saturated rings. The fourth-order valence-electron chi connectivity index (χ4n) is 1.97. The number of fused-ring (bicyclic) bond motifs is 1. The molecule has 98 valence electrons. The van der Waals surface area contributed by atoms with Crippen molar-refractivity contribution < 1.29 is 4.74 Å². The van der Waals surface area contributed by atoms with Crippen LogP contribution >= 0.6 is 11.3 Å². The minimum absolute atomic E-state index is 0.290. The molecule has 0 aliphatic heterocycles. The number of aryl methyl sites for hydroxylation is 1. The quantitative estimate of drug-likeness (QED) is 0.868. The van der Waals surface area contributed by atoms with Gasteiger partial charge in [0.25, 0.3) is 0 Å². The Labute approximate surface area is 111 Å². The Bertz CT molecular complexity index is 512. The molecule has 1 N–H and O–H groups in total. The van der Waals surface area contributed by atoms with Crippen LogP contribution in [0.1, 0.15) is 17.5 Å². The van der Waals surface area contributed by atoms with Gasteiger partial charge < -0.3 is 10.1 Å². The summed E-state index contributed by atoms with van der Waals surface area (Å²) in [5.74, 6) is 0. The zero-order valence-electron chi connectivity index (χ0n) is 11.1. The van der Waals surface area contributed by atoms with E-state index in [-0.39, 0.29) is 6.04 Å². The summed E-state index contributed by atoms with van der Waals surface area (Å²) in [6, 6.07) is 2.51. The number of hydrogen-bond acceptors (Lipinski definition) is 5. The highest BCUT2D eigenvalue weighted by molar-refractivity contribution is 7.18. The number of ether oxygens (including phenoxy) is 1. The Kier molecular flexibility index (Phi) is 4.63. The van der Waals surface area contributed by atoms with Crippen LogP contribution in [0.15, 0.2) is 12.4 Å². The van der Waals surface area contributed by atoms with Gasteiger partial charge in [-0.1, -0.05) is 6.92 Å². The van der Waals surface area contributed by atoms with Crippen molar-refractivity contribution in [2.24, 2.45) is 0 Å². The maximum atomic E-state index is 5.20. The molecular formula is C13H19N3OS. The first kappa shape index (κ1) is 13.4. The lowest BCUT2D eigenvalue weighted by Crippen LogP contribution is -2.32. The van der Waals surface area contributed by atoms with Gasteiger partial charge in [-0.15, -0.1) is 11.3 Å². The zero-order chi connectivity index (χ0) is 13.0. The molecule has 4 nitrogen and oxygen atoms in total. The van der Waals surface area contributed by atoms with E-state index in [0.29, 0.717) is 6.61 Å². The minimum Gasteiger partial charge on any atom is -0.383 e. The summed E-state index contributed by atoms with van der Waals surface area (Å²) in [5, 5.41) is 4.45. The number of rotatable bonds is 6.